The lowest BCUT2D eigenvalue weighted by molar-refractivity contribution is -0.136. The maximum absolute atomic E-state index is 13.0. The van der Waals surface area contributed by atoms with Crippen LogP contribution in [0.2, 0.25) is 0 Å². The summed E-state index contributed by atoms with van der Waals surface area (Å²) in [7, 11) is 0. The summed E-state index contributed by atoms with van der Waals surface area (Å²) in [6.45, 7) is 2.43. The quantitative estimate of drug-likeness (QED) is 0.225. The van der Waals surface area contributed by atoms with E-state index < -0.39 is 11.9 Å². The van der Waals surface area contributed by atoms with Crippen LogP contribution in [0.4, 0.5) is 17.1 Å². The lowest BCUT2D eigenvalue weighted by Crippen LogP contribution is -2.52. The van der Waals surface area contributed by atoms with Crippen LogP contribution in [0.25, 0.3) is 0 Å². The zero-order chi connectivity index (χ0) is 28.2. The number of ether oxygens (including phenoxy) is 1. The summed E-state index contributed by atoms with van der Waals surface area (Å²) in [5.74, 6) is -0.793. The molecule has 0 bridgehead atoms. The van der Waals surface area contributed by atoms with E-state index in [9.17, 15) is 19.2 Å². The Bertz CT molecular complexity index is 1490. The molecule has 0 aromatic heterocycles. The molecule has 2 unspecified atom stereocenters. The zero-order valence-corrected chi connectivity index (χ0v) is 22.4. The number of rotatable bonds is 8. The van der Waals surface area contributed by atoms with Crippen molar-refractivity contribution in [3.05, 3.63) is 83.4 Å². The predicted molar refractivity (Wildman–Crippen MR) is 148 cm³/mol. The summed E-state index contributed by atoms with van der Waals surface area (Å²) in [5, 5.41) is 13.5. The van der Waals surface area contributed by atoms with Gasteiger partial charge in [-0.05, 0) is 74.0 Å². The third-order valence-corrected chi connectivity index (χ3v) is 6.68. The van der Waals surface area contributed by atoms with E-state index in [1.54, 1.807) is 66.7 Å². The van der Waals surface area contributed by atoms with Gasteiger partial charge in [0.15, 0.2) is 0 Å². The van der Waals surface area contributed by atoms with Crippen LogP contribution < -0.4 is 15.4 Å². The average Bonchev–Trinajstić information content (AvgIpc) is 3.28. The molecule has 40 heavy (non-hydrogen) atoms. The standard InChI is InChI=1S/C29H26ClN5O5/c1-17(30)16-40-21-11-9-20(10-12-21)34-33-19-7-5-18(6-8-19)27(37)31-24-4-2-3-22-23(24)15-35(29(22)39)25-13-14-26(36)32-28(25)38/h2-12,17,25H,13-16H2,1H3,(H,31,37)(H,32,36,38)/b34-33+. The Labute approximate surface area is 235 Å². The van der Waals surface area contributed by atoms with Gasteiger partial charge in [-0.3, -0.25) is 24.5 Å². The number of halogens is 1. The van der Waals surface area contributed by atoms with E-state index in [2.05, 4.69) is 20.9 Å². The van der Waals surface area contributed by atoms with E-state index in [0.717, 1.165) is 0 Å². The van der Waals surface area contributed by atoms with Crippen molar-refractivity contribution in [3.8, 4) is 5.75 Å². The number of carbonyl (C=O) groups is 4. The highest BCUT2D eigenvalue weighted by Crippen LogP contribution is 2.32. The van der Waals surface area contributed by atoms with Crippen LogP contribution in [0.15, 0.2) is 77.0 Å². The molecule has 204 valence electrons. The lowest BCUT2D eigenvalue weighted by atomic mass is 10.0. The van der Waals surface area contributed by atoms with Crippen LogP contribution in [0, 0.1) is 0 Å². The molecule has 5 rings (SSSR count). The van der Waals surface area contributed by atoms with Gasteiger partial charge in [-0.25, -0.2) is 0 Å². The van der Waals surface area contributed by atoms with Gasteiger partial charge in [0, 0.05) is 35.3 Å². The largest absolute Gasteiger partial charge is 0.492 e. The van der Waals surface area contributed by atoms with Gasteiger partial charge < -0.3 is 15.0 Å². The van der Waals surface area contributed by atoms with Gasteiger partial charge in [-0.15, -0.1) is 11.6 Å². The Morgan fingerprint density at radius 1 is 1.05 bits per heavy atom. The number of nitrogens with zero attached hydrogens (tertiary/aromatic N) is 3. The van der Waals surface area contributed by atoms with Gasteiger partial charge in [0.25, 0.3) is 11.8 Å². The molecular formula is C29H26ClN5O5. The summed E-state index contributed by atoms with van der Waals surface area (Å²) in [4.78, 5) is 51.3. The number of imide groups is 1. The van der Waals surface area contributed by atoms with Crippen LogP contribution in [0.1, 0.15) is 46.0 Å². The van der Waals surface area contributed by atoms with Gasteiger partial charge in [0.1, 0.15) is 18.4 Å². The Morgan fingerprint density at radius 3 is 2.38 bits per heavy atom. The Balaban J connectivity index is 1.22. The van der Waals surface area contributed by atoms with Crippen LogP contribution >= 0.6 is 11.6 Å². The van der Waals surface area contributed by atoms with E-state index in [0.29, 0.717) is 46.1 Å². The SMILES string of the molecule is CC(Cl)COc1ccc(/N=N/c2ccc(C(=O)Nc3cccc4c3CN(C3CCC(=O)NC3=O)C4=O)cc2)cc1. The minimum atomic E-state index is -0.728. The summed E-state index contributed by atoms with van der Waals surface area (Å²) in [5.41, 5.74) is 3.15. The van der Waals surface area contributed by atoms with Crippen molar-refractivity contribution < 1.29 is 23.9 Å². The lowest BCUT2D eigenvalue weighted by Gasteiger charge is -2.29. The number of carbonyl (C=O) groups excluding carboxylic acids is 4. The highest BCUT2D eigenvalue weighted by molar-refractivity contribution is 6.20. The molecule has 0 radical (unpaired) electrons. The molecule has 2 aliphatic rings. The van der Waals surface area contributed by atoms with Crippen LogP contribution in [0.3, 0.4) is 0 Å². The third kappa shape index (κ3) is 6.02. The molecule has 0 aliphatic carbocycles. The zero-order valence-electron chi connectivity index (χ0n) is 21.6. The molecule has 11 heteroatoms. The Kier molecular flexibility index (Phi) is 7.88. The fraction of sp³-hybridized carbons (Fsp3) is 0.241. The van der Waals surface area contributed by atoms with E-state index in [1.807, 2.05) is 6.92 Å². The minimum absolute atomic E-state index is 0.0857. The van der Waals surface area contributed by atoms with Crippen molar-refractivity contribution in [1.82, 2.24) is 10.2 Å². The molecule has 10 nitrogen and oxygen atoms in total. The maximum atomic E-state index is 13.0. The molecule has 3 aromatic carbocycles. The van der Waals surface area contributed by atoms with E-state index in [-0.39, 0.29) is 42.5 Å². The Hall–Kier alpha value is -4.57. The van der Waals surface area contributed by atoms with Gasteiger partial charge >= 0.3 is 0 Å². The number of benzene rings is 3. The monoisotopic (exact) mass is 559 g/mol. The number of piperidine rings is 1. The topological polar surface area (TPSA) is 130 Å². The normalized spacial score (nSPS) is 17.5. The molecule has 3 aromatic rings. The van der Waals surface area contributed by atoms with Crippen molar-refractivity contribution in [2.24, 2.45) is 10.2 Å². The van der Waals surface area contributed by atoms with Gasteiger partial charge in [0.05, 0.1) is 16.8 Å². The second-order valence-electron chi connectivity index (χ2n) is 9.52. The van der Waals surface area contributed by atoms with Crippen LogP contribution in [0.5, 0.6) is 5.75 Å². The first kappa shape index (κ1) is 27.0. The van der Waals surface area contributed by atoms with E-state index in [1.165, 1.54) is 4.90 Å². The highest BCUT2D eigenvalue weighted by atomic mass is 35.5. The molecule has 2 aliphatic heterocycles. The summed E-state index contributed by atoms with van der Waals surface area (Å²) >= 11 is 5.90. The van der Waals surface area contributed by atoms with Gasteiger partial charge in [0.2, 0.25) is 11.8 Å². The van der Waals surface area contributed by atoms with E-state index in [4.69, 9.17) is 16.3 Å². The second kappa shape index (κ2) is 11.7. The molecular weight excluding hydrogens is 534 g/mol. The number of nitrogens with one attached hydrogen (secondary N) is 2. The first-order valence-electron chi connectivity index (χ1n) is 12.7. The van der Waals surface area contributed by atoms with Crippen LogP contribution in [-0.4, -0.2) is 46.6 Å². The molecule has 2 atom stereocenters. The molecule has 0 saturated carbocycles. The number of alkyl halides is 1. The molecule has 2 N–H and O–H groups in total. The van der Waals surface area contributed by atoms with Crippen LogP contribution in [-0.2, 0) is 16.1 Å². The Morgan fingerprint density at radius 2 is 1.73 bits per heavy atom. The number of hydrogen-bond acceptors (Lipinski definition) is 7. The predicted octanol–water partition coefficient (Wildman–Crippen LogP) is 5.12. The third-order valence-electron chi connectivity index (χ3n) is 6.56. The average molecular weight is 560 g/mol. The fourth-order valence-electron chi connectivity index (χ4n) is 4.51. The summed E-state index contributed by atoms with van der Waals surface area (Å²) in [6.07, 6.45) is 0.439. The van der Waals surface area contributed by atoms with E-state index >= 15 is 0 Å². The summed E-state index contributed by atoms with van der Waals surface area (Å²) in [6, 6.07) is 18.1. The van der Waals surface area contributed by atoms with Crippen molar-refractivity contribution in [3.63, 3.8) is 0 Å². The first-order chi connectivity index (χ1) is 19.3. The van der Waals surface area contributed by atoms with Gasteiger partial charge in [-0.1, -0.05) is 6.07 Å². The molecule has 4 amide bonds. The second-order valence-corrected chi connectivity index (χ2v) is 10.3. The summed E-state index contributed by atoms with van der Waals surface area (Å²) < 4.78 is 5.55. The van der Waals surface area contributed by atoms with Gasteiger partial charge in [-0.2, -0.15) is 10.2 Å². The minimum Gasteiger partial charge on any atom is -0.492 e. The molecule has 1 saturated heterocycles. The smallest absolute Gasteiger partial charge is 0.255 e. The number of amides is 4. The van der Waals surface area contributed by atoms with Crippen molar-refractivity contribution in [2.45, 2.75) is 37.7 Å². The fourth-order valence-corrected chi connectivity index (χ4v) is 4.58. The molecule has 1 fully saturated rings. The van der Waals surface area contributed by atoms with Crippen molar-refractivity contribution >= 4 is 52.3 Å². The number of hydrogen-bond donors (Lipinski definition) is 2. The van der Waals surface area contributed by atoms with Crippen molar-refractivity contribution in [1.29, 1.82) is 0 Å². The number of azo groups is 1. The highest BCUT2D eigenvalue weighted by Gasteiger charge is 2.40. The maximum Gasteiger partial charge on any atom is 0.255 e. The number of anilines is 1. The first-order valence-corrected chi connectivity index (χ1v) is 13.2. The number of fused-ring (bicyclic) bond motifs is 1. The van der Waals surface area contributed by atoms with Crippen molar-refractivity contribution in [2.75, 3.05) is 11.9 Å². The molecule has 2 heterocycles. The molecule has 0 spiro atoms.